The number of phenolic OH excluding ortho intramolecular Hbond substituents is 1. The molecule has 0 spiro atoms. The maximum atomic E-state index is 10.1. The number of fused-ring (bicyclic) bond motifs is 2. The van der Waals surface area contributed by atoms with Crippen molar-refractivity contribution in [2.45, 2.75) is 31.4 Å². The second kappa shape index (κ2) is 10.0. The van der Waals surface area contributed by atoms with Gasteiger partial charge in [0.1, 0.15) is 18.1 Å². The number of pyridine rings is 1. The predicted molar refractivity (Wildman–Crippen MR) is 136 cm³/mol. The highest BCUT2D eigenvalue weighted by Crippen LogP contribution is 2.39. The fourth-order valence-electron chi connectivity index (χ4n) is 4.99. The van der Waals surface area contributed by atoms with Crippen LogP contribution in [0.4, 0.5) is 0 Å². The van der Waals surface area contributed by atoms with Gasteiger partial charge in [0.05, 0.1) is 11.2 Å². The normalized spacial score (nSPS) is 18.0. The van der Waals surface area contributed by atoms with Crippen LogP contribution >= 0.6 is 11.6 Å². The molecule has 0 atom stereocenters. The van der Waals surface area contributed by atoms with Crippen LogP contribution in [0.15, 0.2) is 72.0 Å². The molecule has 5 rings (SSSR count). The molecule has 8 heteroatoms. The van der Waals surface area contributed by atoms with Crippen LogP contribution in [0, 0.1) is 0 Å². The van der Waals surface area contributed by atoms with Crippen LogP contribution in [-0.4, -0.2) is 34.6 Å². The van der Waals surface area contributed by atoms with Gasteiger partial charge in [0.2, 0.25) is 0 Å². The van der Waals surface area contributed by atoms with Gasteiger partial charge >= 0.3 is 0 Å². The number of nitrogens with zero attached hydrogens (tertiary/aromatic N) is 5. The highest BCUT2D eigenvalue weighted by molar-refractivity contribution is 6.30. The van der Waals surface area contributed by atoms with E-state index >= 15 is 0 Å². The number of likely N-dealkylation sites (tertiary alicyclic amines) is 1. The molecule has 1 fully saturated rings. The van der Waals surface area contributed by atoms with Crippen molar-refractivity contribution >= 4 is 17.2 Å². The summed E-state index contributed by atoms with van der Waals surface area (Å²) >= 11 is 6.06. The Labute approximate surface area is 209 Å². The van der Waals surface area contributed by atoms with Gasteiger partial charge in [-0.15, -0.1) is 0 Å². The SMILES string of the molecule is [N-]=[N+]=NC1(c2ccc(Cl)cc2)CCN(CCC=C2c3cc(O)ccc3OCc3ncccc32)CC1. The first-order chi connectivity index (χ1) is 17.1. The Kier molecular flexibility index (Phi) is 6.64. The first kappa shape index (κ1) is 23.2. The summed E-state index contributed by atoms with van der Waals surface area (Å²) in [5.74, 6) is 0.949. The summed E-state index contributed by atoms with van der Waals surface area (Å²) in [6, 6.07) is 16.8. The van der Waals surface area contributed by atoms with Crippen molar-refractivity contribution in [2.24, 2.45) is 5.11 Å². The molecular weight excluding hydrogens is 462 g/mol. The molecule has 0 aliphatic carbocycles. The third-order valence-electron chi connectivity index (χ3n) is 6.89. The van der Waals surface area contributed by atoms with E-state index in [0.29, 0.717) is 11.6 Å². The molecule has 2 aromatic carbocycles. The molecule has 0 amide bonds. The molecule has 2 aliphatic rings. The van der Waals surface area contributed by atoms with Crippen LogP contribution in [0.5, 0.6) is 11.5 Å². The lowest BCUT2D eigenvalue weighted by Gasteiger charge is -2.39. The van der Waals surface area contributed by atoms with Crippen LogP contribution in [0.1, 0.15) is 41.6 Å². The number of hydrogen-bond acceptors (Lipinski definition) is 5. The minimum atomic E-state index is -0.534. The van der Waals surface area contributed by atoms with Gasteiger partial charge < -0.3 is 14.7 Å². The van der Waals surface area contributed by atoms with Crippen molar-refractivity contribution < 1.29 is 9.84 Å². The molecule has 2 aliphatic heterocycles. The first-order valence-electron chi connectivity index (χ1n) is 11.7. The second-order valence-corrected chi connectivity index (χ2v) is 9.38. The average Bonchev–Trinajstić information content (AvgIpc) is 3.02. The number of aromatic nitrogens is 1. The largest absolute Gasteiger partial charge is 0.508 e. The summed E-state index contributed by atoms with van der Waals surface area (Å²) in [5, 5.41) is 15.0. The number of azide groups is 1. The van der Waals surface area contributed by atoms with E-state index in [4.69, 9.17) is 16.3 Å². The van der Waals surface area contributed by atoms with Gasteiger partial charge in [-0.1, -0.05) is 41.0 Å². The molecule has 0 bridgehead atoms. The van der Waals surface area contributed by atoms with Crippen molar-refractivity contribution in [1.82, 2.24) is 9.88 Å². The van der Waals surface area contributed by atoms with Crippen molar-refractivity contribution in [3.05, 3.63) is 105 Å². The van der Waals surface area contributed by atoms with Crippen molar-refractivity contribution in [3.63, 3.8) is 0 Å². The van der Waals surface area contributed by atoms with E-state index in [2.05, 4.69) is 32.1 Å². The fourth-order valence-corrected chi connectivity index (χ4v) is 5.12. The number of benzene rings is 2. The van der Waals surface area contributed by atoms with Crippen LogP contribution < -0.4 is 4.74 Å². The molecular formula is C27H26ClN5O2. The van der Waals surface area contributed by atoms with E-state index in [-0.39, 0.29) is 5.75 Å². The maximum Gasteiger partial charge on any atom is 0.131 e. The zero-order valence-corrected chi connectivity index (χ0v) is 20.0. The Balaban J connectivity index is 1.33. The van der Waals surface area contributed by atoms with Gasteiger partial charge in [-0.3, -0.25) is 4.98 Å². The van der Waals surface area contributed by atoms with Gasteiger partial charge in [0, 0.05) is 33.8 Å². The Morgan fingerprint density at radius 1 is 1.14 bits per heavy atom. The lowest BCUT2D eigenvalue weighted by Crippen LogP contribution is -2.41. The number of aromatic hydroxyl groups is 1. The predicted octanol–water partition coefficient (Wildman–Crippen LogP) is 6.46. The van der Waals surface area contributed by atoms with E-state index in [0.717, 1.165) is 72.6 Å². The molecule has 0 radical (unpaired) electrons. The van der Waals surface area contributed by atoms with E-state index in [1.54, 1.807) is 24.4 Å². The minimum absolute atomic E-state index is 0.207. The van der Waals surface area contributed by atoms with Gasteiger partial charge in [0.15, 0.2) is 0 Å². The van der Waals surface area contributed by atoms with Crippen molar-refractivity contribution in [3.8, 4) is 11.5 Å². The summed E-state index contributed by atoms with van der Waals surface area (Å²) in [4.78, 5) is 10.1. The van der Waals surface area contributed by atoms with E-state index in [1.807, 2.05) is 30.3 Å². The standard InChI is InChI=1S/C27H26ClN5O2/c28-20-7-5-19(6-8-20)27(31-32-29)11-15-33(16-12-27)14-2-4-22-23-3-1-13-30-25(23)18-35-26-10-9-21(34)17-24(22)26/h1,3-10,13,17,34H,2,11-12,14-16,18H2. The number of piperidine rings is 1. The van der Waals surface area contributed by atoms with Crippen molar-refractivity contribution in [1.29, 1.82) is 0 Å². The highest BCUT2D eigenvalue weighted by atomic mass is 35.5. The fraction of sp³-hybridized carbons (Fsp3) is 0.296. The van der Waals surface area contributed by atoms with E-state index in [1.165, 1.54) is 0 Å². The molecule has 7 nitrogen and oxygen atoms in total. The molecule has 1 aromatic heterocycles. The highest BCUT2D eigenvalue weighted by Gasteiger charge is 2.35. The summed E-state index contributed by atoms with van der Waals surface area (Å²) < 4.78 is 5.98. The number of rotatable bonds is 5. The lowest BCUT2D eigenvalue weighted by atomic mass is 9.81. The monoisotopic (exact) mass is 487 g/mol. The number of hydrogen-bond donors (Lipinski definition) is 1. The minimum Gasteiger partial charge on any atom is -0.508 e. The molecule has 3 heterocycles. The number of phenols is 1. The zero-order valence-electron chi connectivity index (χ0n) is 19.3. The third kappa shape index (κ3) is 4.84. The van der Waals surface area contributed by atoms with Crippen LogP contribution in [0.3, 0.4) is 0 Å². The molecule has 35 heavy (non-hydrogen) atoms. The third-order valence-corrected chi connectivity index (χ3v) is 7.14. The Morgan fingerprint density at radius 2 is 1.94 bits per heavy atom. The number of ether oxygens (including phenoxy) is 1. The zero-order chi connectivity index (χ0) is 24.3. The van der Waals surface area contributed by atoms with E-state index in [9.17, 15) is 10.6 Å². The van der Waals surface area contributed by atoms with Gasteiger partial charge in [-0.25, -0.2) is 0 Å². The second-order valence-electron chi connectivity index (χ2n) is 8.94. The summed E-state index contributed by atoms with van der Waals surface area (Å²) in [6.07, 6.45) is 6.33. The molecule has 0 saturated carbocycles. The maximum absolute atomic E-state index is 10.1. The topological polar surface area (TPSA) is 94.4 Å². The molecule has 0 unspecified atom stereocenters. The Bertz CT molecular complexity index is 1290. The van der Waals surface area contributed by atoms with Crippen LogP contribution in [0.2, 0.25) is 5.02 Å². The molecule has 3 aromatic rings. The smallest absolute Gasteiger partial charge is 0.131 e. The summed E-state index contributed by atoms with van der Waals surface area (Å²) in [5.41, 5.74) is 13.5. The quantitative estimate of drug-likeness (QED) is 0.254. The van der Waals surface area contributed by atoms with Gasteiger partial charge in [-0.2, -0.15) is 0 Å². The summed E-state index contributed by atoms with van der Waals surface area (Å²) in [7, 11) is 0. The van der Waals surface area contributed by atoms with Crippen LogP contribution in [-0.2, 0) is 12.1 Å². The van der Waals surface area contributed by atoms with Crippen LogP contribution in [0.25, 0.3) is 16.0 Å². The van der Waals surface area contributed by atoms with Gasteiger partial charge in [0.25, 0.3) is 0 Å². The average molecular weight is 488 g/mol. The van der Waals surface area contributed by atoms with Gasteiger partial charge in [-0.05, 0) is 85.4 Å². The number of halogens is 1. The Morgan fingerprint density at radius 3 is 2.71 bits per heavy atom. The lowest BCUT2D eigenvalue weighted by molar-refractivity contribution is 0.164. The summed E-state index contributed by atoms with van der Waals surface area (Å²) in [6.45, 7) is 2.94. The molecule has 1 saturated heterocycles. The molecule has 178 valence electrons. The van der Waals surface area contributed by atoms with Crippen molar-refractivity contribution in [2.75, 3.05) is 19.6 Å². The first-order valence-corrected chi connectivity index (χ1v) is 12.1. The Hall–Kier alpha value is -3.51. The molecule has 1 N–H and O–H groups in total. The van der Waals surface area contributed by atoms with E-state index < -0.39 is 5.54 Å².